The summed E-state index contributed by atoms with van der Waals surface area (Å²) < 4.78 is 0. The quantitative estimate of drug-likeness (QED) is 0.697. The Balaban J connectivity index is 2.06. The van der Waals surface area contributed by atoms with E-state index in [0.717, 1.165) is 24.8 Å². The Morgan fingerprint density at radius 3 is 2.19 bits per heavy atom. The molecule has 0 heterocycles. The maximum Gasteiger partial charge on any atom is 0.220 e. The number of aliphatic hydroxyl groups excluding tert-OH is 1. The highest BCUT2D eigenvalue weighted by Gasteiger charge is 2.43. The average molecular weight is 361 g/mol. The summed E-state index contributed by atoms with van der Waals surface area (Å²) in [5, 5.41) is 10.7. The third kappa shape index (κ3) is 5.82. The second-order valence-electron chi connectivity index (χ2n) is 9.84. The van der Waals surface area contributed by atoms with Crippen molar-refractivity contribution >= 4 is 5.91 Å². The van der Waals surface area contributed by atoms with Gasteiger partial charge in [-0.15, -0.1) is 0 Å². The van der Waals surface area contributed by atoms with E-state index in [9.17, 15) is 9.90 Å². The summed E-state index contributed by atoms with van der Waals surface area (Å²) in [5.41, 5.74) is 13.4. The Bertz CT molecular complexity index is 581. The number of hydrogen-bond donors (Lipinski definition) is 3. The Labute approximate surface area is 158 Å². The standard InChI is InChI=1S/C22H36N2O2/c1-21(2)12-16(13-22(3,4)14-21)17(20(24)26)11-19(25)18(23)10-15-8-6-5-7-9-15/h5-9,16-19,25H,10-14,23H2,1-4H3,(H2,24,26)/t17-,18-,19-/m0/s1. The molecule has 2 rings (SSSR count). The van der Waals surface area contributed by atoms with Gasteiger partial charge in [0.15, 0.2) is 0 Å². The summed E-state index contributed by atoms with van der Waals surface area (Å²) in [4.78, 5) is 12.2. The number of amides is 1. The molecule has 5 N–H and O–H groups in total. The zero-order chi connectivity index (χ0) is 19.5. The lowest BCUT2D eigenvalue weighted by Gasteiger charge is -2.47. The molecule has 0 saturated heterocycles. The van der Waals surface area contributed by atoms with E-state index in [0.29, 0.717) is 12.8 Å². The summed E-state index contributed by atoms with van der Waals surface area (Å²) in [6, 6.07) is 9.50. The number of aliphatic hydroxyl groups is 1. The molecule has 26 heavy (non-hydrogen) atoms. The highest BCUT2D eigenvalue weighted by atomic mass is 16.3. The largest absolute Gasteiger partial charge is 0.391 e. The van der Waals surface area contributed by atoms with E-state index in [2.05, 4.69) is 27.7 Å². The summed E-state index contributed by atoms with van der Waals surface area (Å²) in [5.74, 6) is -0.440. The molecule has 1 amide bonds. The van der Waals surface area contributed by atoms with Crippen LogP contribution >= 0.6 is 0 Å². The van der Waals surface area contributed by atoms with Gasteiger partial charge in [-0.05, 0) is 54.4 Å². The molecule has 146 valence electrons. The van der Waals surface area contributed by atoms with Gasteiger partial charge in [0.1, 0.15) is 0 Å². The monoisotopic (exact) mass is 360 g/mol. The molecule has 0 radical (unpaired) electrons. The number of nitrogens with two attached hydrogens (primary N) is 2. The fourth-order valence-electron chi connectivity index (χ4n) is 5.21. The summed E-state index contributed by atoms with van der Waals surface area (Å²) >= 11 is 0. The second kappa shape index (κ2) is 8.10. The van der Waals surface area contributed by atoms with Gasteiger partial charge in [0.05, 0.1) is 6.10 Å². The van der Waals surface area contributed by atoms with Gasteiger partial charge in [0, 0.05) is 12.0 Å². The maximum atomic E-state index is 12.2. The molecule has 4 heteroatoms. The summed E-state index contributed by atoms with van der Waals surface area (Å²) in [7, 11) is 0. The molecule has 0 aliphatic heterocycles. The third-order valence-electron chi connectivity index (χ3n) is 5.83. The van der Waals surface area contributed by atoms with Gasteiger partial charge in [-0.25, -0.2) is 0 Å². The van der Waals surface area contributed by atoms with Crippen molar-refractivity contribution in [1.82, 2.24) is 0 Å². The van der Waals surface area contributed by atoms with Gasteiger partial charge in [-0.2, -0.15) is 0 Å². The highest BCUT2D eigenvalue weighted by Crippen LogP contribution is 2.51. The first kappa shape index (κ1) is 20.9. The Morgan fingerprint density at radius 1 is 1.15 bits per heavy atom. The third-order valence-corrected chi connectivity index (χ3v) is 5.83. The molecule has 1 aromatic carbocycles. The molecule has 3 atom stereocenters. The number of benzene rings is 1. The second-order valence-corrected chi connectivity index (χ2v) is 9.84. The predicted octanol–water partition coefficient (Wildman–Crippen LogP) is 3.26. The van der Waals surface area contributed by atoms with Crippen LogP contribution in [0.1, 0.15) is 58.9 Å². The number of carbonyl (C=O) groups excluding carboxylic acids is 1. The van der Waals surface area contributed by atoms with Crippen LogP contribution in [0.15, 0.2) is 30.3 Å². The Morgan fingerprint density at radius 2 is 1.69 bits per heavy atom. The molecule has 1 saturated carbocycles. The van der Waals surface area contributed by atoms with Crippen molar-refractivity contribution in [2.45, 2.75) is 71.9 Å². The normalized spacial score (nSPS) is 23.2. The van der Waals surface area contributed by atoms with Crippen molar-refractivity contribution < 1.29 is 9.90 Å². The van der Waals surface area contributed by atoms with Gasteiger partial charge < -0.3 is 16.6 Å². The van der Waals surface area contributed by atoms with Crippen LogP contribution in [-0.4, -0.2) is 23.2 Å². The number of rotatable bonds is 7. The van der Waals surface area contributed by atoms with Crippen LogP contribution in [0.5, 0.6) is 0 Å². The van der Waals surface area contributed by atoms with E-state index in [1.165, 1.54) is 0 Å². The first-order valence-electron chi connectivity index (χ1n) is 9.76. The van der Waals surface area contributed by atoms with Crippen LogP contribution in [0.2, 0.25) is 0 Å². The van der Waals surface area contributed by atoms with E-state index in [-0.39, 0.29) is 28.6 Å². The highest BCUT2D eigenvalue weighted by molar-refractivity contribution is 5.77. The lowest BCUT2D eigenvalue weighted by Crippen LogP contribution is -2.45. The number of hydrogen-bond acceptors (Lipinski definition) is 3. The smallest absolute Gasteiger partial charge is 0.220 e. The first-order chi connectivity index (χ1) is 12.0. The topological polar surface area (TPSA) is 89.3 Å². The van der Waals surface area contributed by atoms with Gasteiger partial charge in [0.25, 0.3) is 0 Å². The lowest BCUT2D eigenvalue weighted by atomic mass is 9.58. The molecule has 0 aromatic heterocycles. The van der Waals surface area contributed by atoms with Crippen LogP contribution in [0, 0.1) is 22.7 Å². The molecular weight excluding hydrogens is 324 g/mol. The summed E-state index contributed by atoms with van der Waals surface area (Å²) in [6.45, 7) is 9.04. The van der Waals surface area contributed by atoms with Crippen molar-refractivity contribution in [1.29, 1.82) is 0 Å². The minimum Gasteiger partial charge on any atom is -0.391 e. The van der Waals surface area contributed by atoms with Crippen molar-refractivity contribution in [3.8, 4) is 0 Å². The molecule has 1 aromatic rings. The number of carbonyl (C=O) groups is 1. The van der Waals surface area contributed by atoms with E-state index in [4.69, 9.17) is 11.5 Å². The SMILES string of the molecule is CC1(C)CC([C@H](C[C@H](O)[C@@H](N)Cc2ccccc2)C(N)=O)CC(C)(C)C1. The number of primary amides is 1. The maximum absolute atomic E-state index is 12.2. The van der Waals surface area contributed by atoms with Crippen LogP contribution in [0.4, 0.5) is 0 Å². The fraction of sp³-hybridized carbons (Fsp3) is 0.682. The minimum atomic E-state index is -0.735. The molecule has 4 nitrogen and oxygen atoms in total. The van der Waals surface area contributed by atoms with E-state index in [1.54, 1.807) is 0 Å². The van der Waals surface area contributed by atoms with Crippen LogP contribution in [0.3, 0.4) is 0 Å². The predicted molar refractivity (Wildman–Crippen MR) is 106 cm³/mol. The summed E-state index contributed by atoms with van der Waals surface area (Å²) in [6.07, 6.45) is 3.27. The van der Waals surface area contributed by atoms with Gasteiger partial charge in [0.2, 0.25) is 5.91 Å². The van der Waals surface area contributed by atoms with Gasteiger partial charge in [-0.1, -0.05) is 58.0 Å². The van der Waals surface area contributed by atoms with Crippen LogP contribution < -0.4 is 11.5 Å². The van der Waals surface area contributed by atoms with Gasteiger partial charge in [-0.3, -0.25) is 4.79 Å². The van der Waals surface area contributed by atoms with E-state index < -0.39 is 12.1 Å². The van der Waals surface area contributed by atoms with Crippen molar-refractivity contribution in [2.24, 2.45) is 34.1 Å². The molecular formula is C22H36N2O2. The molecule has 1 aliphatic carbocycles. The van der Waals surface area contributed by atoms with E-state index >= 15 is 0 Å². The van der Waals surface area contributed by atoms with Crippen molar-refractivity contribution in [3.63, 3.8) is 0 Å². The van der Waals surface area contributed by atoms with E-state index in [1.807, 2.05) is 30.3 Å². The first-order valence-corrected chi connectivity index (χ1v) is 9.76. The fourth-order valence-corrected chi connectivity index (χ4v) is 5.21. The van der Waals surface area contributed by atoms with Crippen molar-refractivity contribution in [3.05, 3.63) is 35.9 Å². The molecule has 1 aliphatic rings. The lowest BCUT2D eigenvalue weighted by molar-refractivity contribution is -0.127. The minimum absolute atomic E-state index is 0.178. The zero-order valence-corrected chi connectivity index (χ0v) is 16.7. The van der Waals surface area contributed by atoms with Crippen LogP contribution in [0.25, 0.3) is 0 Å². The molecule has 1 fully saturated rings. The molecule has 0 unspecified atom stereocenters. The molecule has 0 spiro atoms. The van der Waals surface area contributed by atoms with Crippen molar-refractivity contribution in [2.75, 3.05) is 0 Å². The Kier molecular flexibility index (Phi) is 6.51. The Hall–Kier alpha value is -1.39. The van der Waals surface area contributed by atoms with Crippen LogP contribution in [-0.2, 0) is 11.2 Å². The average Bonchev–Trinajstić information content (AvgIpc) is 2.49. The van der Waals surface area contributed by atoms with Gasteiger partial charge >= 0.3 is 0 Å². The molecule has 0 bridgehead atoms. The zero-order valence-electron chi connectivity index (χ0n) is 16.7.